The van der Waals surface area contributed by atoms with Crippen LogP contribution in [-0.2, 0) is 19.1 Å². The van der Waals surface area contributed by atoms with Gasteiger partial charge in [0, 0.05) is 5.57 Å². The first kappa shape index (κ1) is 8.77. The molecule has 4 nitrogen and oxygen atoms in total. The van der Waals surface area contributed by atoms with E-state index in [2.05, 4.69) is 0 Å². The first-order chi connectivity index (χ1) is 5.59. The summed E-state index contributed by atoms with van der Waals surface area (Å²) in [5, 5.41) is 0. The van der Waals surface area contributed by atoms with Crippen molar-refractivity contribution >= 4 is 11.9 Å². The minimum absolute atomic E-state index is 0.0301. The Morgan fingerprint density at radius 2 is 1.50 bits per heavy atom. The summed E-state index contributed by atoms with van der Waals surface area (Å²) in [6, 6.07) is 0. The van der Waals surface area contributed by atoms with Crippen molar-refractivity contribution in [1.82, 2.24) is 0 Å². The summed E-state index contributed by atoms with van der Waals surface area (Å²) in [7, 11) is 0. The zero-order valence-corrected chi connectivity index (χ0v) is 7.05. The highest BCUT2D eigenvalue weighted by atomic mass is 16.7. The second kappa shape index (κ2) is 3.38. The van der Waals surface area contributed by atoms with E-state index in [4.69, 9.17) is 9.47 Å². The molecule has 0 amide bonds. The van der Waals surface area contributed by atoms with Crippen molar-refractivity contribution < 1.29 is 19.1 Å². The van der Waals surface area contributed by atoms with Crippen LogP contribution in [0.3, 0.4) is 0 Å². The van der Waals surface area contributed by atoms with Gasteiger partial charge in [-0.15, -0.1) is 0 Å². The van der Waals surface area contributed by atoms with Crippen LogP contribution in [0, 0.1) is 0 Å². The van der Waals surface area contributed by atoms with E-state index in [1.54, 1.807) is 13.8 Å². The number of allylic oxidation sites excluding steroid dienone is 1. The fraction of sp³-hybridized carbons (Fsp3) is 0.500. The zero-order valence-electron chi connectivity index (χ0n) is 7.05. The number of rotatable bonds is 0. The monoisotopic (exact) mass is 170 g/mol. The molecule has 0 atom stereocenters. The van der Waals surface area contributed by atoms with E-state index in [9.17, 15) is 9.59 Å². The normalized spacial score (nSPS) is 18.0. The summed E-state index contributed by atoms with van der Waals surface area (Å²) in [4.78, 5) is 21.7. The van der Waals surface area contributed by atoms with Crippen molar-refractivity contribution in [3.8, 4) is 0 Å². The fourth-order valence-corrected chi connectivity index (χ4v) is 0.738. The van der Waals surface area contributed by atoms with Crippen LogP contribution in [0.25, 0.3) is 0 Å². The molecule has 0 aliphatic carbocycles. The molecule has 0 spiro atoms. The van der Waals surface area contributed by atoms with Crippen LogP contribution in [0.5, 0.6) is 0 Å². The summed E-state index contributed by atoms with van der Waals surface area (Å²) >= 11 is 0. The van der Waals surface area contributed by atoms with E-state index >= 15 is 0 Å². The van der Waals surface area contributed by atoms with Crippen molar-refractivity contribution in [2.45, 2.75) is 26.7 Å². The van der Waals surface area contributed by atoms with Crippen LogP contribution in [0.2, 0.25) is 0 Å². The van der Waals surface area contributed by atoms with Crippen LogP contribution in [0.4, 0.5) is 0 Å². The lowest BCUT2D eigenvalue weighted by Gasteiger charge is -2.04. The van der Waals surface area contributed by atoms with Crippen molar-refractivity contribution in [2.24, 2.45) is 0 Å². The maximum Gasteiger partial charge on any atom is 0.314 e. The van der Waals surface area contributed by atoms with E-state index < -0.39 is 11.9 Å². The van der Waals surface area contributed by atoms with E-state index in [-0.39, 0.29) is 18.8 Å². The predicted octanol–water partition coefficient (Wildman–Crippen LogP) is 1.12. The molecule has 0 unspecified atom stereocenters. The minimum atomic E-state index is -0.419. The molecule has 1 saturated heterocycles. The van der Waals surface area contributed by atoms with Crippen LogP contribution in [0.15, 0.2) is 11.5 Å². The molecule has 0 radical (unpaired) electrons. The Hall–Kier alpha value is -1.32. The third-order valence-electron chi connectivity index (χ3n) is 1.35. The van der Waals surface area contributed by atoms with Gasteiger partial charge in [-0.3, -0.25) is 9.59 Å². The van der Waals surface area contributed by atoms with Gasteiger partial charge in [0.2, 0.25) is 0 Å². The second-order valence-corrected chi connectivity index (χ2v) is 2.74. The van der Waals surface area contributed by atoms with Gasteiger partial charge in [-0.1, -0.05) is 0 Å². The summed E-state index contributed by atoms with van der Waals surface area (Å²) < 4.78 is 9.48. The van der Waals surface area contributed by atoms with Crippen LogP contribution in [0.1, 0.15) is 26.7 Å². The van der Waals surface area contributed by atoms with Gasteiger partial charge in [-0.2, -0.15) is 0 Å². The van der Waals surface area contributed by atoms with Gasteiger partial charge >= 0.3 is 11.9 Å². The molecule has 1 heterocycles. The molecule has 4 heteroatoms. The van der Waals surface area contributed by atoms with Crippen molar-refractivity contribution in [1.29, 1.82) is 0 Å². The maximum absolute atomic E-state index is 10.9. The first-order valence-corrected chi connectivity index (χ1v) is 3.68. The standard InChI is InChI=1S/C8H10O4/c1-5(2)8-11-6(9)3-4-7(10)12-8/h3-4H2,1-2H3. The van der Waals surface area contributed by atoms with Crippen molar-refractivity contribution in [3.05, 3.63) is 11.5 Å². The largest absolute Gasteiger partial charge is 0.393 e. The average Bonchev–Trinajstić information content (AvgIpc) is 2.13. The molecule has 12 heavy (non-hydrogen) atoms. The number of carbonyl (C=O) groups excluding carboxylic acids is 2. The van der Waals surface area contributed by atoms with Crippen LogP contribution >= 0.6 is 0 Å². The minimum Gasteiger partial charge on any atom is -0.393 e. The highest BCUT2D eigenvalue weighted by Gasteiger charge is 2.20. The summed E-state index contributed by atoms with van der Waals surface area (Å²) in [6.07, 6.45) is 0.186. The van der Waals surface area contributed by atoms with Gasteiger partial charge in [-0.05, 0) is 13.8 Å². The molecule has 0 aromatic heterocycles. The number of hydrogen-bond donors (Lipinski definition) is 0. The quantitative estimate of drug-likeness (QED) is 0.511. The fourth-order valence-electron chi connectivity index (χ4n) is 0.738. The van der Waals surface area contributed by atoms with Gasteiger partial charge < -0.3 is 9.47 Å². The van der Waals surface area contributed by atoms with E-state index in [1.165, 1.54) is 0 Å². The molecule has 0 saturated carbocycles. The van der Waals surface area contributed by atoms with Gasteiger partial charge in [0.05, 0.1) is 12.8 Å². The maximum atomic E-state index is 10.9. The van der Waals surface area contributed by atoms with E-state index in [0.29, 0.717) is 5.57 Å². The molecule has 1 fully saturated rings. The Morgan fingerprint density at radius 1 is 1.08 bits per heavy atom. The highest BCUT2D eigenvalue weighted by molar-refractivity contribution is 5.80. The van der Waals surface area contributed by atoms with Crippen LogP contribution in [-0.4, -0.2) is 11.9 Å². The molecular formula is C8H10O4. The Morgan fingerprint density at radius 3 is 1.83 bits per heavy atom. The van der Waals surface area contributed by atoms with E-state index in [1.807, 2.05) is 0 Å². The average molecular weight is 170 g/mol. The molecule has 1 rings (SSSR count). The second-order valence-electron chi connectivity index (χ2n) is 2.74. The molecule has 0 bridgehead atoms. The van der Waals surface area contributed by atoms with Gasteiger partial charge in [0.25, 0.3) is 5.95 Å². The van der Waals surface area contributed by atoms with Crippen molar-refractivity contribution in [3.63, 3.8) is 0 Å². The topological polar surface area (TPSA) is 52.6 Å². The smallest absolute Gasteiger partial charge is 0.314 e. The molecular weight excluding hydrogens is 160 g/mol. The highest BCUT2D eigenvalue weighted by Crippen LogP contribution is 2.14. The number of ether oxygens (including phenoxy) is 2. The number of carbonyl (C=O) groups is 2. The number of esters is 2. The molecule has 0 N–H and O–H groups in total. The Bertz CT molecular complexity index is 228. The predicted molar refractivity (Wildman–Crippen MR) is 39.8 cm³/mol. The Kier molecular flexibility index (Phi) is 2.47. The lowest BCUT2D eigenvalue weighted by atomic mass is 10.3. The zero-order chi connectivity index (χ0) is 9.14. The third kappa shape index (κ3) is 2.08. The summed E-state index contributed by atoms with van der Waals surface area (Å²) in [5.41, 5.74) is 0.679. The molecule has 0 aromatic carbocycles. The van der Waals surface area contributed by atoms with Gasteiger partial charge in [0.1, 0.15) is 0 Å². The Balaban J connectivity index is 2.82. The van der Waals surface area contributed by atoms with Gasteiger partial charge in [0.15, 0.2) is 0 Å². The Labute approximate surface area is 70.1 Å². The first-order valence-electron chi connectivity index (χ1n) is 3.68. The number of hydrogen-bond acceptors (Lipinski definition) is 4. The van der Waals surface area contributed by atoms with Crippen LogP contribution < -0.4 is 0 Å². The third-order valence-corrected chi connectivity index (χ3v) is 1.35. The molecule has 66 valence electrons. The summed E-state index contributed by atoms with van der Waals surface area (Å²) in [5.74, 6) is -0.809. The van der Waals surface area contributed by atoms with Gasteiger partial charge in [-0.25, -0.2) is 0 Å². The molecule has 0 aromatic rings. The number of cyclic esters (lactones) is 2. The summed E-state index contributed by atoms with van der Waals surface area (Å²) in [6.45, 7) is 3.42. The lowest BCUT2D eigenvalue weighted by molar-refractivity contribution is -0.147. The molecule has 1 aliphatic rings. The molecule has 1 aliphatic heterocycles. The van der Waals surface area contributed by atoms with Crippen molar-refractivity contribution in [2.75, 3.05) is 0 Å². The van der Waals surface area contributed by atoms with E-state index in [0.717, 1.165) is 0 Å². The lowest BCUT2D eigenvalue weighted by Crippen LogP contribution is -2.03. The SMILES string of the molecule is CC(C)=C1OC(=O)CCC(=O)O1.